The molecule has 0 saturated heterocycles. The highest BCUT2D eigenvalue weighted by Crippen LogP contribution is 2.34. The molecular formula is C31H21N9O8S2. The number of amides is 2. The fraction of sp³-hybridized carbons (Fsp3) is 0.0645. The van der Waals surface area contributed by atoms with E-state index < -0.39 is 9.85 Å². The number of aromatic hydroxyl groups is 1. The van der Waals surface area contributed by atoms with Gasteiger partial charge in [0.15, 0.2) is 15.9 Å². The quantitative estimate of drug-likeness (QED) is 0.0568. The predicted octanol–water partition coefficient (Wildman–Crippen LogP) is 6.23. The number of imidazole rings is 2. The van der Waals surface area contributed by atoms with Crippen LogP contribution >= 0.6 is 23.5 Å². The van der Waals surface area contributed by atoms with Crippen LogP contribution < -0.4 is 10.6 Å². The number of fused-ring (bicyclic) bond motifs is 3. The lowest BCUT2D eigenvalue weighted by molar-refractivity contribution is -0.384. The molecule has 0 aliphatic rings. The monoisotopic (exact) mass is 711 g/mol. The van der Waals surface area contributed by atoms with Crippen molar-refractivity contribution < 1.29 is 29.0 Å². The number of H-pyrrole nitrogens is 2. The molecule has 19 heteroatoms. The molecule has 0 bridgehead atoms. The number of benzene rings is 4. The predicted molar refractivity (Wildman–Crippen MR) is 185 cm³/mol. The Bertz CT molecular complexity index is 2490. The highest BCUT2D eigenvalue weighted by atomic mass is 32.2. The number of rotatable bonds is 11. The second-order valence-electron chi connectivity index (χ2n) is 10.6. The number of anilines is 2. The Morgan fingerprint density at radius 2 is 1.26 bits per heavy atom. The summed E-state index contributed by atoms with van der Waals surface area (Å²) < 4.78 is 5.83. The summed E-state index contributed by atoms with van der Waals surface area (Å²) in [5.41, 5.74) is 3.84. The van der Waals surface area contributed by atoms with Gasteiger partial charge in [-0.05, 0) is 42.5 Å². The summed E-state index contributed by atoms with van der Waals surface area (Å²) in [6.07, 6.45) is 0. The standard InChI is InChI=1S/C31H21N9O8S2/c41-25-10-16(33-28(43)14-50-31-36-21-7-4-18(40(46)47)12-23(21)38-31)1-5-19(25)29-34-24-9-15(2-8-26(24)48-29)32-27(42)13-49-30-35-20-6-3-17(39(44)45)11-22(20)37-30/h1-12,41H,13-14H2,(H,32,42)(H,33,43)(H,35,37)(H,36,38). The summed E-state index contributed by atoms with van der Waals surface area (Å²) in [7, 11) is 0. The number of non-ortho nitro benzene ring substituents is 2. The van der Waals surface area contributed by atoms with Gasteiger partial charge in [0.05, 0.1) is 49.0 Å². The molecule has 0 spiro atoms. The van der Waals surface area contributed by atoms with Gasteiger partial charge in [0.1, 0.15) is 11.3 Å². The van der Waals surface area contributed by atoms with Crippen molar-refractivity contribution in [1.82, 2.24) is 24.9 Å². The Balaban J connectivity index is 0.949. The van der Waals surface area contributed by atoms with Crippen LogP contribution in [0.4, 0.5) is 22.7 Å². The Kier molecular flexibility index (Phi) is 8.48. The molecule has 0 fully saturated rings. The van der Waals surface area contributed by atoms with Gasteiger partial charge in [-0.2, -0.15) is 0 Å². The molecular weight excluding hydrogens is 691 g/mol. The molecule has 17 nitrogen and oxygen atoms in total. The van der Waals surface area contributed by atoms with E-state index in [9.17, 15) is 34.9 Å². The number of aromatic amines is 2. The SMILES string of the molecule is O=C(CSc1nc2ccc([N+](=O)[O-])cc2[nH]1)Nc1ccc(-c2nc3cc(NC(=O)CSc4nc5ccc([N+](=O)[O-])cc5[nH]4)ccc3o2)c(O)c1. The normalized spacial score (nSPS) is 11.3. The largest absolute Gasteiger partial charge is 0.507 e. The van der Waals surface area contributed by atoms with Crippen molar-refractivity contribution in [3.8, 4) is 17.2 Å². The van der Waals surface area contributed by atoms with Crippen molar-refractivity contribution >= 4 is 91.3 Å². The van der Waals surface area contributed by atoms with Crippen molar-refractivity contribution in [2.45, 2.75) is 10.3 Å². The molecule has 0 aliphatic heterocycles. The number of hydrogen-bond donors (Lipinski definition) is 5. The lowest BCUT2D eigenvalue weighted by atomic mass is 10.2. The number of nitro benzene ring substituents is 2. The van der Waals surface area contributed by atoms with Gasteiger partial charge in [0, 0.05) is 41.7 Å². The van der Waals surface area contributed by atoms with Crippen LogP contribution in [0, 0.1) is 20.2 Å². The van der Waals surface area contributed by atoms with E-state index in [1.54, 1.807) is 30.3 Å². The Morgan fingerprint density at radius 3 is 1.80 bits per heavy atom. The molecule has 7 aromatic rings. The fourth-order valence-corrected chi connectivity index (χ4v) is 6.25. The van der Waals surface area contributed by atoms with Crippen LogP contribution in [0.2, 0.25) is 0 Å². The van der Waals surface area contributed by atoms with Crippen LogP contribution in [-0.2, 0) is 9.59 Å². The number of nitrogens with one attached hydrogen (secondary N) is 4. The molecule has 0 radical (unpaired) electrons. The van der Waals surface area contributed by atoms with Gasteiger partial charge in [-0.15, -0.1) is 0 Å². The van der Waals surface area contributed by atoms with Crippen LogP contribution in [-0.4, -0.2) is 63.2 Å². The van der Waals surface area contributed by atoms with Gasteiger partial charge in [-0.3, -0.25) is 29.8 Å². The second-order valence-corrected chi connectivity index (χ2v) is 12.5. The van der Waals surface area contributed by atoms with Gasteiger partial charge in [-0.25, -0.2) is 15.0 Å². The molecule has 3 heterocycles. The number of phenolic OH excluding ortho intramolecular Hbond substituents is 1. The number of thioether (sulfide) groups is 2. The smallest absolute Gasteiger partial charge is 0.271 e. The van der Waals surface area contributed by atoms with E-state index in [0.717, 1.165) is 23.5 Å². The first-order valence-corrected chi connectivity index (χ1v) is 16.4. The number of phenols is 1. The number of nitrogens with zero attached hydrogens (tertiary/aromatic N) is 5. The van der Waals surface area contributed by atoms with Crippen LogP contribution in [0.3, 0.4) is 0 Å². The van der Waals surface area contributed by atoms with Gasteiger partial charge >= 0.3 is 0 Å². The van der Waals surface area contributed by atoms with Crippen molar-refractivity contribution in [2.24, 2.45) is 0 Å². The first-order valence-electron chi connectivity index (χ1n) is 14.5. The second kappa shape index (κ2) is 13.2. The highest BCUT2D eigenvalue weighted by molar-refractivity contribution is 8.00. The number of hydrogen-bond acceptors (Lipinski definition) is 13. The van der Waals surface area contributed by atoms with Crippen molar-refractivity contribution in [3.05, 3.63) is 93.0 Å². The van der Waals surface area contributed by atoms with E-state index in [2.05, 4.69) is 35.6 Å². The maximum absolute atomic E-state index is 12.6. The summed E-state index contributed by atoms with van der Waals surface area (Å²) in [6.45, 7) is 0. The molecule has 0 atom stereocenters. The maximum Gasteiger partial charge on any atom is 0.271 e. The van der Waals surface area contributed by atoms with Crippen LogP contribution in [0.5, 0.6) is 5.75 Å². The first kappa shape index (κ1) is 32.1. The number of aromatic nitrogens is 5. The third-order valence-corrected chi connectivity index (χ3v) is 8.92. The Labute approximate surface area is 287 Å². The van der Waals surface area contributed by atoms with Crippen molar-refractivity contribution in [1.29, 1.82) is 0 Å². The number of nitro groups is 2. The summed E-state index contributed by atoms with van der Waals surface area (Å²) in [4.78, 5) is 65.3. The number of oxazole rings is 1. The van der Waals surface area contributed by atoms with Crippen molar-refractivity contribution in [3.63, 3.8) is 0 Å². The third kappa shape index (κ3) is 6.89. The van der Waals surface area contributed by atoms with Gasteiger partial charge < -0.3 is 30.1 Å². The number of carbonyl (C=O) groups is 2. The number of carbonyl (C=O) groups excluding carboxylic acids is 2. The zero-order valence-corrected chi connectivity index (χ0v) is 26.8. The molecule has 7 rings (SSSR count). The molecule has 0 unspecified atom stereocenters. The molecule has 250 valence electrons. The molecule has 4 aromatic carbocycles. The van der Waals surface area contributed by atoms with E-state index in [4.69, 9.17) is 4.42 Å². The lowest BCUT2D eigenvalue weighted by Gasteiger charge is -2.07. The van der Waals surface area contributed by atoms with Crippen LogP contribution in [0.1, 0.15) is 0 Å². The highest BCUT2D eigenvalue weighted by Gasteiger charge is 2.17. The molecule has 50 heavy (non-hydrogen) atoms. The van der Waals surface area contributed by atoms with E-state index in [1.807, 2.05) is 0 Å². The molecule has 3 aromatic heterocycles. The third-order valence-electron chi connectivity index (χ3n) is 7.17. The van der Waals surface area contributed by atoms with E-state index in [-0.39, 0.29) is 51.9 Å². The molecule has 2 amide bonds. The molecule has 0 aliphatic carbocycles. The molecule has 5 N–H and O–H groups in total. The zero-order chi connectivity index (χ0) is 34.9. The average molecular weight is 712 g/mol. The van der Waals surface area contributed by atoms with E-state index >= 15 is 0 Å². The van der Waals surface area contributed by atoms with Gasteiger partial charge in [-0.1, -0.05) is 23.5 Å². The van der Waals surface area contributed by atoms with E-state index in [0.29, 0.717) is 54.9 Å². The summed E-state index contributed by atoms with van der Waals surface area (Å²) in [6, 6.07) is 17.9. The minimum Gasteiger partial charge on any atom is -0.507 e. The lowest BCUT2D eigenvalue weighted by Crippen LogP contribution is -2.14. The Morgan fingerprint density at radius 1 is 0.720 bits per heavy atom. The van der Waals surface area contributed by atoms with Crippen LogP contribution in [0.25, 0.3) is 44.6 Å². The summed E-state index contributed by atoms with van der Waals surface area (Å²) in [5, 5.41) is 39.1. The summed E-state index contributed by atoms with van der Waals surface area (Å²) in [5.74, 6) is -0.743. The topological polar surface area (TPSA) is 248 Å². The average Bonchev–Trinajstić information content (AvgIpc) is 3.81. The zero-order valence-electron chi connectivity index (χ0n) is 25.2. The minimum atomic E-state index is -0.501. The van der Waals surface area contributed by atoms with Crippen LogP contribution in [0.15, 0.2) is 87.5 Å². The van der Waals surface area contributed by atoms with Gasteiger partial charge in [0.2, 0.25) is 17.7 Å². The maximum atomic E-state index is 12.6. The van der Waals surface area contributed by atoms with Crippen molar-refractivity contribution in [2.75, 3.05) is 22.1 Å². The molecule has 0 saturated carbocycles. The fourth-order valence-electron chi connectivity index (χ4n) is 4.88. The minimum absolute atomic E-state index is 0.0141. The first-order chi connectivity index (χ1) is 24.1. The van der Waals surface area contributed by atoms with Gasteiger partial charge in [0.25, 0.3) is 11.4 Å². The summed E-state index contributed by atoms with van der Waals surface area (Å²) >= 11 is 2.26. The Hall–Kier alpha value is -6.47. The van der Waals surface area contributed by atoms with E-state index in [1.165, 1.54) is 42.5 Å².